The molecule has 6 rings (SSSR count). The Morgan fingerprint density at radius 1 is 0.417 bits per heavy atom. The van der Waals surface area contributed by atoms with Crippen LogP contribution in [0.1, 0.15) is 0 Å². The van der Waals surface area contributed by atoms with Gasteiger partial charge in [-0.05, 0) is 0 Å². The molecule has 0 N–H and O–H groups in total. The van der Waals surface area contributed by atoms with Crippen molar-refractivity contribution in [2.45, 2.75) is 0 Å². The van der Waals surface area contributed by atoms with Crippen molar-refractivity contribution >= 4 is 30.4 Å². The van der Waals surface area contributed by atoms with Gasteiger partial charge in [0.25, 0.3) is 0 Å². The molecule has 0 aliphatic carbocycles. The van der Waals surface area contributed by atoms with Crippen molar-refractivity contribution in [3.05, 3.63) is 146 Å². The maximum absolute atomic E-state index is 5.27. The summed E-state index contributed by atoms with van der Waals surface area (Å²) in [5.74, 6) is 0. The number of nitrogens with zero attached hydrogens (tertiary/aromatic N) is 2. The van der Waals surface area contributed by atoms with E-state index in [4.69, 9.17) is 4.98 Å². The van der Waals surface area contributed by atoms with Crippen LogP contribution in [0.4, 0.5) is 15.9 Å². The first-order valence-corrected chi connectivity index (χ1v) is 13.7. The molecule has 0 aliphatic heterocycles. The monoisotopic (exact) mass is 528 g/mol. The topological polar surface area (TPSA) is 16.1 Å². The van der Waals surface area contributed by atoms with E-state index >= 15 is 0 Å². The Kier molecular flexibility index (Phi) is 6.33. The summed E-state index contributed by atoms with van der Waals surface area (Å²) in [5.41, 5.74) is 8.10. The third-order valence-electron chi connectivity index (χ3n) is 6.13. The van der Waals surface area contributed by atoms with Crippen molar-refractivity contribution in [3.8, 4) is 32.5 Å². The van der Waals surface area contributed by atoms with Crippen LogP contribution in [0.2, 0.25) is 0 Å². The zero-order valence-electron chi connectivity index (χ0n) is 19.7. The summed E-state index contributed by atoms with van der Waals surface area (Å²) in [7, 11) is 0. The normalized spacial score (nSPS) is 10.8. The van der Waals surface area contributed by atoms with Crippen LogP contribution in [-0.2, 0) is 0 Å². The first-order valence-electron chi connectivity index (χ1n) is 12.0. The molecule has 36 heavy (non-hydrogen) atoms. The fourth-order valence-electron chi connectivity index (χ4n) is 4.34. The summed E-state index contributed by atoms with van der Waals surface area (Å²) in [5, 5.41) is 0. The van der Waals surface area contributed by atoms with Crippen molar-refractivity contribution in [2.75, 3.05) is 4.90 Å². The molecule has 6 aromatic rings. The first kappa shape index (κ1) is 22.3. The third-order valence-corrected chi connectivity index (χ3v) is 8.41. The summed E-state index contributed by atoms with van der Waals surface area (Å²) in [6.07, 6.45) is 0. The molecule has 0 atom stereocenters. The van der Waals surface area contributed by atoms with Gasteiger partial charge in [-0.15, -0.1) is 0 Å². The Bertz CT molecular complexity index is 1500. The predicted octanol–water partition coefficient (Wildman–Crippen LogP) is 8.61. The van der Waals surface area contributed by atoms with Crippen LogP contribution in [0.3, 0.4) is 0 Å². The molecule has 0 saturated heterocycles. The molecule has 0 amide bonds. The van der Waals surface area contributed by atoms with E-state index in [1.165, 1.54) is 21.3 Å². The second-order valence-electron chi connectivity index (χ2n) is 8.49. The van der Waals surface area contributed by atoms with E-state index in [2.05, 4.69) is 150 Å². The van der Waals surface area contributed by atoms with E-state index in [9.17, 15) is 0 Å². The van der Waals surface area contributed by atoms with Crippen molar-refractivity contribution in [1.29, 1.82) is 0 Å². The Labute approximate surface area is 217 Å². The SMILES string of the molecule is c1ccc(-c2ccc(-c3nc(-c4ccccc4)c(N(c4ccccc4)c4ccccc4)[se]3)cc2)cc1. The Balaban J connectivity index is 1.50. The van der Waals surface area contributed by atoms with Crippen molar-refractivity contribution in [2.24, 2.45) is 0 Å². The van der Waals surface area contributed by atoms with Crippen molar-refractivity contribution in [1.82, 2.24) is 4.98 Å². The average Bonchev–Trinajstić information content (AvgIpc) is 3.40. The fourth-order valence-corrected chi connectivity index (χ4v) is 6.73. The molecule has 5 aromatic carbocycles. The van der Waals surface area contributed by atoms with Gasteiger partial charge >= 0.3 is 218 Å². The van der Waals surface area contributed by atoms with E-state index in [1.54, 1.807) is 0 Å². The van der Waals surface area contributed by atoms with E-state index in [0.29, 0.717) is 0 Å². The van der Waals surface area contributed by atoms with Gasteiger partial charge in [-0.25, -0.2) is 0 Å². The molecular weight excluding hydrogens is 503 g/mol. The molecule has 1 heterocycles. The fraction of sp³-hybridized carbons (Fsp3) is 0. The van der Waals surface area contributed by atoms with E-state index in [0.717, 1.165) is 27.2 Å². The molecule has 172 valence electrons. The minimum atomic E-state index is 0.0190. The van der Waals surface area contributed by atoms with Crippen molar-refractivity contribution < 1.29 is 0 Å². The minimum absolute atomic E-state index is 0.0190. The molecule has 0 radical (unpaired) electrons. The number of hydrogen-bond acceptors (Lipinski definition) is 2. The maximum atomic E-state index is 5.27. The molecular formula is C33H24N2Se. The van der Waals surface area contributed by atoms with Gasteiger partial charge in [-0.1, -0.05) is 0 Å². The van der Waals surface area contributed by atoms with E-state index in [-0.39, 0.29) is 14.5 Å². The Morgan fingerprint density at radius 2 is 0.833 bits per heavy atom. The predicted molar refractivity (Wildman–Crippen MR) is 152 cm³/mol. The first-order chi connectivity index (χ1) is 17.9. The summed E-state index contributed by atoms with van der Waals surface area (Å²) in [4.78, 5) is 7.64. The zero-order chi connectivity index (χ0) is 24.2. The van der Waals surface area contributed by atoms with E-state index < -0.39 is 0 Å². The standard InChI is InChI=1S/C33H24N2Se/c1-5-13-25(14-6-1)26-21-23-28(24-22-26)32-34-31(27-15-7-2-8-16-27)33(36-32)35(29-17-9-3-10-18-29)30-19-11-4-12-20-30/h1-24H. The summed E-state index contributed by atoms with van der Waals surface area (Å²) in [6.45, 7) is 0. The van der Waals surface area contributed by atoms with Gasteiger partial charge in [-0.3, -0.25) is 0 Å². The third kappa shape index (κ3) is 4.55. The number of hydrogen-bond donors (Lipinski definition) is 0. The Morgan fingerprint density at radius 3 is 1.36 bits per heavy atom. The number of benzene rings is 5. The van der Waals surface area contributed by atoms with Gasteiger partial charge < -0.3 is 0 Å². The molecule has 2 nitrogen and oxygen atoms in total. The molecule has 0 saturated carbocycles. The second kappa shape index (κ2) is 10.2. The summed E-state index contributed by atoms with van der Waals surface area (Å²) >= 11 is 0.0190. The van der Waals surface area contributed by atoms with Crippen LogP contribution in [0, 0.1) is 0 Å². The number of rotatable bonds is 6. The van der Waals surface area contributed by atoms with Gasteiger partial charge in [0.1, 0.15) is 0 Å². The van der Waals surface area contributed by atoms with Crippen LogP contribution in [0.5, 0.6) is 0 Å². The number of aromatic nitrogens is 1. The van der Waals surface area contributed by atoms with Crippen LogP contribution >= 0.6 is 0 Å². The average molecular weight is 528 g/mol. The van der Waals surface area contributed by atoms with Gasteiger partial charge in [0.15, 0.2) is 0 Å². The second-order valence-corrected chi connectivity index (χ2v) is 10.5. The molecule has 0 unspecified atom stereocenters. The molecule has 1 aromatic heterocycles. The van der Waals surface area contributed by atoms with Crippen LogP contribution in [0.25, 0.3) is 32.5 Å². The quantitative estimate of drug-likeness (QED) is 0.202. The molecule has 0 spiro atoms. The van der Waals surface area contributed by atoms with Gasteiger partial charge in [0.2, 0.25) is 0 Å². The van der Waals surface area contributed by atoms with Crippen LogP contribution < -0.4 is 4.90 Å². The number of anilines is 3. The van der Waals surface area contributed by atoms with Gasteiger partial charge in [-0.2, -0.15) is 0 Å². The summed E-state index contributed by atoms with van der Waals surface area (Å²) < 4.78 is 2.39. The Hall–Kier alpha value is -4.17. The number of para-hydroxylation sites is 2. The van der Waals surface area contributed by atoms with Gasteiger partial charge in [0, 0.05) is 0 Å². The molecule has 0 aliphatic rings. The molecule has 3 heteroatoms. The van der Waals surface area contributed by atoms with Gasteiger partial charge in [0.05, 0.1) is 0 Å². The van der Waals surface area contributed by atoms with Crippen LogP contribution in [0.15, 0.2) is 146 Å². The van der Waals surface area contributed by atoms with E-state index in [1.807, 2.05) is 0 Å². The summed E-state index contributed by atoms with van der Waals surface area (Å²) in [6, 6.07) is 51.1. The zero-order valence-corrected chi connectivity index (χ0v) is 21.4. The molecule has 0 bridgehead atoms. The van der Waals surface area contributed by atoms with Crippen molar-refractivity contribution in [3.63, 3.8) is 0 Å². The van der Waals surface area contributed by atoms with Crippen LogP contribution in [-0.4, -0.2) is 19.5 Å². The molecule has 0 fully saturated rings.